The van der Waals surface area contributed by atoms with Gasteiger partial charge in [-0.25, -0.2) is 0 Å². The van der Waals surface area contributed by atoms with Crippen LogP contribution in [0.5, 0.6) is 0 Å². The molecule has 1 heterocycles. The Morgan fingerprint density at radius 3 is 0.750 bits per heavy atom. The predicted octanol–water partition coefficient (Wildman–Crippen LogP) is 1.59. The fourth-order valence-electron chi connectivity index (χ4n) is 0.313. The number of rotatable bonds is 0. The van der Waals surface area contributed by atoms with Crippen LogP contribution in [0.15, 0.2) is 30.6 Å². The van der Waals surface area contributed by atoms with Gasteiger partial charge in [0.25, 0.3) is 0 Å². The molecule has 0 aliphatic carbocycles. The minimum absolute atomic E-state index is 0. The normalized spacial score (nSPS) is 9.75. The second kappa shape index (κ2) is 19.4. The third-order valence-electron chi connectivity index (χ3n) is 0.566. The maximum absolute atomic E-state index is 9.75. The summed E-state index contributed by atoms with van der Waals surface area (Å²) in [7, 11) is -17.0. The van der Waals surface area contributed by atoms with Gasteiger partial charge in [0.2, 0.25) is 0 Å². The summed E-state index contributed by atoms with van der Waals surface area (Å²) in [6.45, 7) is 0. The molecular weight excluding hydrogens is 402 g/mol. The SMILES string of the molecule is CO.F[B-](F)(F)F.F[B-](F)(F)F.F[B-](F)(F)F.[K+].c1ccncc1. The first-order valence-corrected chi connectivity index (χ1v) is 4.92. The van der Waals surface area contributed by atoms with Gasteiger partial charge in [0.1, 0.15) is 0 Å². The molecule has 0 radical (unpaired) electrons. The Kier molecular flexibility index (Phi) is 28.5. The fraction of sp³-hybridized carbons (Fsp3) is 0.167. The van der Waals surface area contributed by atoms with E-state index < -0.39 is 21.8 Å². The molecule has 0 spiro atoms. The van der Waals surface area contributed by atoms with Crippen LogP contribution in [0.25, 0.3) is 0 Å². The van der Waals surface area contributed by atoms with E-state index in [1.165, 1.54) is 0 Å². The van der Waals surface area contributed by atoms with Crippen LogP contribution in [0.4, 0.5) is 51.8 Å². The van der Waals surface area contributed by atoms with Crippen molar-refractivity contribution in [3.8, 4) is 0 Å². The van der Waals surface area contributed by atoms with Crippen LogP contribution in [0.1, 0.15) is 0 Å². The zero-order chi connectivity index (χ0) is 19.7. The summed E-state index contributed by atoms with van der Waals surface area (Å²) in [6.07, 6.45) is 3.50. The van der Waals surface area contributed by atoms with E-state index in [-0.39, 0.29) is 51.4 Å². The molecule has 1 N–H and O–H groups in total. The van der Waals surface area contributed by atoms with Crippen molar-refractivity contribution in [3.63, 3.8) is 0 Å². The molecule has 0 fully saturated rings. The predicted molar refractivity (Wildman–Crippen MR) is 62.9 cm³/mol. The topological polar surface area (TPSA) is 33.1 Å². The Balaban J connectivity index is -0.0000000640. The van der Waals surface area contributed by atoms with Crippen LogP contribution in [0.3, 0.4) is 0 Å². The molecule has 0 aliphatic rings. The van der Waals surface area contributed by atoms with Crippen molar-refractivity contribution in [3.05, 3.63) is 30.6 Å². The number of halogens is 12. The van der Waals surface area contributed by atoms with E-state index in [9.17, 15) is 51.8 Å². The second-order valence-corrected chi connectivity index (χ2v) is 2.51. The van der Waals surface area contributed by atoms with Crippen molar-refractivity contribution in [2.24, 2.45) is 0 Å². The number of aromatic nitrogens is 1. The minimum Gasteiger partial charge on any atom is -0.418 e. The van der Waals surface area contributed by atoms with Gasteiger partial charge >= 0.3 is 73.1 Å². The maximum Gasteiger partial charge on any atom is 1.00 e. The molecule has 1 rings (SSSR count). The van der Waals surface area contributed by atoms with Crippen molar-refractivity contribution in [1.82, 2.24) is 4.98 Å². The minimum atomic E-state index is -6.00. The molecule has 0 bridgehead atoms. The van der Waals surface area contributed by atoms with E-state index >= 15 is 0 Å². The van der Waals surface area contributed by atoms with Crippen molar-refractivity contribution in [1.29, 1.82) is 0 Å². The van der Waals surface area contributed by atoms with Crippen LogP contribution in [0.2, 0.25) is 0 Å². The molecule has 0 amide bonds. The van der Waals surface area contributed by atoms with Gasteiger partial charge in [-0.15, -0.1) is 0 Å². The smallest absolute Gasteiger partial charge is 0.418 e. The van der Waals surface area contributed by atoms with Gasteiger partial charge in [0, 0.05) is 19.5 Å². The Bertz CT molecular complexity index is 261. The first kappa shape index (κ1) is 35.3. The summed E-state index contributed by atoms with van der Waals surface area (Å²) in [6, 6.07) is 5.72. The monoisotopic (exact) mass is 411 g/mol. The summed E-state index contributed by atoms with van der Waals surface area (Å²) in [4.78, 5) is 3.78. The third-order valence-corrected chi connectivity index (χ3v) is 0.566. The molecule has 2 nitrogen and oxygen atoms in total. The molecule has 0 aliphatic heterocycles. The third kappa shape index (κ3) is 264. The fourth-order valence-corrected chi connectivity index (χ4v) is 0.313. The summed E-state index contributed by atoms with van der Waals surface area (Å²) in [5, 5.41) is 7.00. The Morgan fingerprint density at radius 1 is 0.542 bits per heavy atom. The van der Waals surface area contributed by atoms with Gasteiger partial charge in [0.05, 0.1) is 0 Å². The summed E-state index contributed by atoms with van der Waals surface area (Å²) >= 11 is 0. The molecular formula is C6H9B3F12KNO-2. The summed E-state index contributed by atoms with van der Waals surface area (Å²) in [5.41, 5.74) is 0. The quantitative estimate of drug-likeness (QED) is 0.521. The molecule has 140 valence electrons. The molecule has 0 saturated heterocycles. The summed E-state index contributed by atoms with van der Waals surface area (Å²) in [5.74, 6) is 0. The molecule has 0 aromatic carbocycles. The van der Waals surface area contributed by atoms with Gasteiger partial charge < -0.3 is 56.9 Å². The molecule has 24 heavy (non-hydrogen) atoms. The molecule has 1 aromatic heterocycles. The molecule has 0 unspecified atom stereocenters. The van der Waals surface area contributed by atoms with Gasteiger partial charge in [-0.1, -0.05) is 6.07 Å². The van der Waals surface area contributed by atoms with Crippen LogP contribution >= 0.6 is 0 Å². The van der Waals surface area contributed by atoms with E-state index in [0.29, 0.717) is 0 Å². The zero-order valence-electron chi connectivity index (χ0n) is 12.0. The number of aliphatic hydroxyl groups excluding tert-OH is 1. The number of nitrogens with zero attached hydrogens (tertiary/aromatic N) is 1. The average Bonchev–Trinajstić information content (AvgIpc) is 2.27. The molecule has 0 atom stereocenters. The van der Waals surface area contributed by atoms with E-state index in [1.54, 1.807) is 12.4 Å². The van der Waals surface area contributed by atoms with Crippen LogP contribution in [-0.2, 0) is 0 Å². The number of pyridine rings is 1. The largest absolute Gasteiger partial charge is 1.00 e. The van der Waals surface area contributed by atoms with Gasteiger partial charge in [0.15, 0.2) is 0 Å². The summed E-state index contributed by atoms with van der Waals surface area (Å²) < 4.78 is 117. The molecule has 18 heteroatoms. The van der Waals surface area contributed by atoms with Gasteiger partial charge in [-0.3, -0.25) is 4.98 Å². The van der Waals surface area contributed by atoms with E-state index in [4.69, 9.17) is 5.11 Å². The van der Waals surface area contributed by atoms with E-state index in [0.717, 1.165) is 7.11 Å². The van der Waals surface area contributed by atoms with Gasteiger partial charge in [-0.2, -0.15) is 0 Å². The van der Waals surface area contributed by atoms with E-state index in [1.807, 2.05) is 18.2 Å². The standard InChI is InChI=1S/C5H5N.CH4O.3BF4.K/c1-2-4-6-5-3-1;1-2;3*2-1(3,4)5;/h1-5H;2H,1H3;;;;/q;;3*-1;+1. The first-order chi connectivity index (χ1) is 10.0. The number of aliphatic hydroxyl groups is 1. The van der Waals surface area contributed by atoms with Gasteiger partial charge in [-0.05, 0) is 12.1 Å². The molecule has 1 aromatic rings. The van der Waals surface area contributed by atoms with Crippen molar-refractivity contribution in [2.75, 3.05) is 7.11 Å². The zero-order valence-corrected chi connectivity index (χ0v) is 15.2. The maximum atomic E-state index is 9.75. The van der Waals surface area contributed by atoms with Crippen molar-refractivity contribution < 1.29 is 108 Å². The van der Waals surface area contributed by atoms with Crippen LogP contribution in [0, 0.1) is 0 Å². The number of hydrogen-bond acceptors (Lipinski definition) is 2. The van der Waals surface area contributed by atoms with Crippen LogP contribution in [-0.4, -0.2) is 39.0 Å². The average molecular weight is 411 g/mol. The Morgan fingerprint density at radius 2 is 0.708 bits per heavy atom. The number of hydrogen-bond donors (Lipinski definition) is 1. The molecule has 0 saturated carbocycles. The Hall–Kier alpha value is 0.101. The van der Waals surface area contributed by atoms with Crippen molar-refractivity contribution in [2.45, 2.75) is 0 Å². The Labute approximate surface area is 171 Å². The van der Waals surface area contributed by atoms with Crippen LogP contribution < -0.4 is 51.4 Å². The second-order valence-electron chi connectivity index (χ2n) is 2.51. The first-order valence-electron chi connectivity index (χ1n) is 4.92. The van der Waals surface area contributed by atoms with E-state index in [2.05, 4.69) is 4.98 Å². The van der Waals surface area contributed by atoms with Crippen molar-refractivity contribution >= 4 is 21.8 Å².